The van der Waals surface area contributed by atoms with Crippen LogP contribution >= 0.6 is 0 Å². The number of ether oxygens (including phenoxy) is 1. The van der Waals surface area contributed by atoms with Gasteiger partial charge in [0.05, 0.1) is 18.2 Å². The molecule has 8 heteroatoms. The van der Waals surface area contributed by atoms with Crippen LogP contribution in [0.2, 0.25) is 0 Å². The highest BCUT2D eigenvalue weighted by Gasteiger charge is 2.09. The lowest BCUT2D eigenvalue weighted by Gasteiger charge is -1.99. The van der Waals surface area contributed by atoms with E-state index in [2.05, 4.69) is 10.5 Å². The number of nitro benzene ring substituents is 1. The van der Waals surface area contributed by atoms with E-state index in [1.165, 1.54) is 36.6 Å². The van der Waals surface area contributed by atoms with Crippen LogP contribution in [0.25, 0.3) is 6.08 Å². The number of methoxy groups -OCH3 is 1. The molecule has 0 aliphatic rings. The van der Waals surface area contributed by atoms with E-state index in [9.17, 15) is 19.7 Å². The highest BCUT2D eigenvalue weighted by Crippen LogP contribution is 2.13. The second-order valence-electron chi connectivity index (χ2n) is 5.02. The Balaban J connectivity index is 1.89. The molecule has 8 nitrogen and oxygen atoms in total. The van der Waals surface area contributed by atoms with Crippen molar-refractivity contribution in [1.82, 2.24) is 5.43 Å². The molecule has 0 saturated carbocycles. The third kappa shape index (κ3) is 5.38. The minimum absolute atomic E-state index is 0.0564. The van der Waals surface area contributed by atoms with Crippen molar-refractivity contribution in [2.75, 3.05) is 7.11 Å². The van der Waals surface area contributed by atoms with Crippen molar-refractivity contribution in [2.24, 2.45) is 5.10 Å². The first-order chi connectivity index (χ1) is 12.5. The SMILES string of the molecule is COc1ccc(/C=N/NC(=O)C(=O)/C=C/c2ccc([N+](=O)[O-])cc2)cc1. The molecule has 2 aromatic rings. The highest BCUT2D eigenvalue weighted by molar-refractivity contribution is 6.41. The molecule has 0 spiro atoms. The molecule has 132 valence electrons. The standard InChI is InChI=1S/C18H15N3O5/c1-26-16-9-4-14(5-10-16)12-19-20-18(23)17(22)11-6-13-2-7-15(8-3-13)21(24)25/h2-12H,1H3,(H,20,23)/b11-6+,19-12+. The molecule has 0 aliphatic carbocycles. The van der Waals surface area contributed by atoms with Crippen molar-refractivity contribution in [3.05, 3.63) is 75.8 Å². The molecule has 0 saturated heterocycles. The number of non-ortho nitro benzene ring substituents is 1. The van der Waals surface area contributed by atoms with Crippen molar-refractivity contribution in [3.8, 4) is 5.75 Å². The summed E-state index contributed by atoms with van der Waals surface area (Å²) >= 11 is 0. The van der Waals surface area contributed by atoms with E-state index in [4.69, 9.17) is 4.74 Å². The molecule has 1 amide bonds. The average molecular weight is 353 g/mol. The third-order valence-corrected chi connectivity index (χ3v) is 3.25. The maximum Gasteiger partial charge on any atom is 0.311 e. The second kappa shape index (κ2) is 8.88. The molecular formula is C18H15N3O5. The van der Waals surface area contributed by atoms with E-state index in [0.29, 0.717) is 11.3 Å². The number of hydrogen-bond acceptors (Lipinski definition) is 6. The zero-order valence-electron chi connectivity index (χ0n) is 13.8. The number of rotatable bonds is 7. The fourth-order valence-corrected chi connectivity index (χ4v) is 1.87. The van der Waals surface area contributed by atoms with Gasteiger partial charge in [0.25, 0.3) is 5.69 Å². The van der Waals surface area contributed by atoms with Gasteiger partial charge in [-0.15, -0.1) is 0 Å². The van der Waals surface area contributed by atoms with Crippen molar-refractivity contribution in [2.45, 2.75) is 0 Å². The smallest absolute Gasteiger partial charge is 0.311 e. The molecule has 1 N–H and O–H groups in total. The number of nitrogens with one attached hydrogen (secondary N) is 1. The van der Waals surface area contributed by atoms with Gasteiger partial charge in [-0.05, 0) is 53.6 Å². The Labute approximate surface area is 148 Å². The molecule has 0 aliphatic heterocycles. The van der Waals surface area contributed by atoms with E-state index >= 15 is 0 Å². The molecule has 2 aromatic carbocycles. The molecule has 0 heterocycles. The Kier molecular flexibility index (Phi) is 6.33. The van der Waals surface area contributed by atoms with Gasteiger partial charge in [-0.2, -0.15) is 5.10 Å². The molecule has 0 atom stereocenters. The van der Waals surface area contributed by atoms with Gasteiger partial charge in [-0.1, -0.05) is 6.08 Å². The number of hydrogen-bond donors (Lipinski definition) is 1. The predicted octanol–water partition coefficient (Wildman–Crippen LogP) is 2.34. The van der Waals surface area contributed by atoms with Crippen LogP contribution in [-0.4, -0.2) is 29.9 Å². The first-order valence-corrected chi connectivity index (χ1v) is 7.43. The topological polar surface area (TPSA) is 111 Å². The lowest BCUT2D eigenvalue weighted by Crippen LogP contribution is -2.25. The molecule has 0 bridgehead atoms. The summed E-state index contributed by atoms with van der Waals surface area (Å²) in [6.45, 7) is 0. The number of carbonyl (C=O) groups excluding carboxylic acids is 2. The maximum atomic E-state index is 11.7. The normalized spacial score (nSPS) is 10.8. The number of hydrazone groups is 1. The van der Waals surface area contributed by atoms with Crippen LogP contribution < -0.4 is 10.2 Å². The van der Waals surface area contributed by atoms with E-state index in [1.54, 1.807) is 31.4 Å². The molecule has 26 heavy (non-hydrogen) atoms. The summed E-state index contributed by atoms with van der Waals surface area (Å²) in [7, 11) is 1.55. The zero-order chi connectivity index (χ0) is 18.9. The molecule has 0 fully saturated rings. The van der Waals surface area contributed by atoms with Gasteiger partial charge < -0.3 is 4.74 Å². The summed E-state index contributed by atoms with van der Waals surface area (Å²) in [5.41, 5.74) is 3.35. The van der Waals surface area contributed by atoms with Crippen LogP contribution in [0.5, 0.6) is 5.75 Å². The van der Waals surface area contributed by atoms with E-state index in [0.717, 1.165) is 11.6 Å². The van der Waals surface area contributed by atoms with Crippen molar-refractivity contribution in [3.63, 3.8) is 0 Å². The van der Waals surface area contributed by atoms with E-state index in [-0.39, 0.29) is 5.69 Å². The molecule has 2 rings (SSSR count). The Morgan fingerprint density at radius 3 is 2.27 bits per heavy atom. The Bertz CT molecular complexity index is 855. The van der Waals surface area contributed by atoms with Gasteiger partial charge >= 0.3 is 5.91 Å². The predicted molar refractivity (Wildman–Crippen MR) is 95.9 cm³/mol. The number of ketones is 1. The van der Waals surface area contributed by atoms with Crippen molar-refractivity contribution in [1.29, 1.82) is 0 Å². The van der Waals surface area contributed by atoms with E-state index in [1.807, 2.05) is 0 Å². The first kappa shape index (κ1) is 18.5. The minimum atomic E-state index is -0.895. The third-order valence-electron chi connectivity index (χ3n) is 3.25. The fourth-order valence-electron chi connectivity index (χ4n) is 1.87. The quantitative estimate of drug-likeness (QED) is 0.270. The zero-order valence-corrected chi connectivity index (χ0v) is 13.8. The number of carbonyl (C=O) groups is 2. The number of amides is 1. The summed E-state index contributed by atoms with van der Waals surface area (Å²) in [6, 6.07) is 12.5. The fraction of sp³-hybridized carbons (Fsp3) is 0.0556. The van der Waals surface area contributed by atoms with Crippen LogP contribution in [0.1, 0.15) is 11.1 Å². The summed E-state index contributed by atoms with van der Waals surface area (Å²) < 4.78 is 5.03. The number of nitro groups is 1. The summed E-state index contributed by atoms with van der Waals surface area (Å²) in [4.78, 5) is 33.4. The van der Waals surface area contributed by atoms with Crippen molar-refractivity contribution >= 4 is 29.7 Å². The molecule has 0 radical (unpaired) electrons. The maximum absolute atomic E-state index is 11.7. The Morgan fingerprint density at radius 2 is 1.69 bits per heavy atom. The lowest BCUT2D eigenvalue weighted by molar-refractivity contribution is -0.384. The van der Waals surface area contributed by atoms with Gasteiger partial charge in [0.15, 0.2) is 0 Å². The highest BCUT2D eigenvalue weighted by atomic mass is 16.6. The van der Waals surface area contributed by atoms with Gasteiger partial charge in [0, 0.05) is 12.1 Å². The van der Waals surface area contributed by atoms with Crippen LogP contribution in [-0.2, 0) is 9.59 Å². The summed E-state index contributed by atoms with van der Waals surface area (Å²) in [5, 5.41) is 14.3. The van der Waals surface area contributed by atoms with Crippen LogP contribution in [0.4, 0.5) is 5.69 Å². The van der Waals surface area contributed by atoms with Gasteiger partial charge in [0.1, 0.15) is 5.75 Å². The second-order valence-corrected chi connectivity index (χ2v) is 5.02. The van der Waals surface area contributed by atoms with Crippen LogP contribution in [0, 0.1) is 10.1 Å². The summed E-state index contributed by atoms with van der Waals surface area (Å²) in [5.74, 6) is -0.999. The van der Waals surface area contributed by atoms with Crippen LogP contribution in [0.15, 0.2) is 59.7 Å². The van der Waals surface area contributed by atoms with Gasteiger partial charge in [-0.3, -0.25) is 19.7 Å². The van der Waals surface area contributed by atoms with E-state index < -0.39 is 16.6 Å². The minimum Gasteiger partial charge on any atom is -0.497 e. The average Bonchev–Trinajstić information content (AvgIpc) is 2.66. The largest absolute Gasteiger partial charge is 0.497 e. The van der Waals surface area contributed by atoms with Gasteiger partial charge in [-0.25, -0.2) is 5.43 Å². The number of benzene rings is 2. The molecule has 0 unspecified atom stereocenters. The summed E-state index contributed by atoms with van der Waals surface area (Å²) in [6.07, 6.45) is 3.85. The Morgan fingerprint density at radius 1 is 1.08 bits per heavy atom. The van der Waals surface area contributed by atoms with Gasteiger partial charge in [0.2, 0.25) is 5.78 Å². The monoisotopic (exact) mass is 353 g/mol. The molecule has 0 aromatic heterocycles. The van der Waals surface area contributed by atoms with Crippen molar-refractivity contribution < 1.29 is 19.2 Å². The Hall–Kier alpha value is -3.81. The number of nitrogens with zero attached hydrogens (tertiary/aromatic N) is 2. The van der Waals surface area contributed by atoms with Crippen LogP contribution in [0.3, 0.4) is 0 Å². The molecular weight excluding hydrogens is 338 g/mol. The lowest BCUT2D eigenvalue weighted by atomic mass is 10.2. The first-order valence-electron chi connectivity index (χ1n) is 7.43.